The van der Waals surface area contributed by atoms with Gasteiger partial charge in [-0.1, -0.05) is 6.07 Å². The van der Waals surface area contributed by atoms with Crippen molar-refractivity contribution in [2.75, 3.05) is 11.1 Å². The highest BCUT2D eigenvalue weighted by molar-refractivity contribution is 5.83. The van der Waals surface area contributed by atoms with Crippen LogP contribution < -0.4 is 15.8 Å². The number of rotatable bonds is 5. The highest BCUT2D eigenvalue weighted by Crippen LogP contribution is 2.27. The van der Waals surface area contributed by atoms with Crippen molar-refractivity contribution in [3.63, 3.8) is 0 Å². The molecule has 0 amide bonds. The number of nitrogens with one attached hydrogen (secondary N) is 1. The van der Waals surface area contributed by atoms with E-state index in [1.807, 2.05) is 47.2 Å². The molecule has 7 nitrogen and oxygen atoms in total. The molecule has 31 heavy (non-hydrogen) atoms. The van der Waals surface area contributed by atoms with Crippen LogP contribution in [0.25, 0.3) is 16.7 Å². The molecule has 0 saturated carbocycles. The minimum absolute atomic E-state index is 0.370. The lowest BCUT2D eigenvalue weighted by molar-refractivity contribution is 0.463. The number of hydrogen-bond donors (Lipinski definition) is 2. The van der Waals surface area contributed by atoms with Gasteiger partial charge in [0.25, 0.3) is 0 Å². The molecule has 3 N–H and O–H groups in total. The maximum absolute atomic E-state index is 13.2. The Bertz CT molecular complexity index is 1370. The van der Waals surface area contributed by atoms with E-state index in [0.29, 0.717) is 29.1 Å². The predicted octanol–water partition coefficient (Wildman–Crippen LogP) is 5.07. The summed E-state index contributed by atoms with van der Waals surface area (Å²) in [4.78, 5) is 12.8. The molecule has 0 spiro atoms. The Hall–Kier alpha value is -4.46. The topological polar surface area (TPSA) is 90.9 Å². The van der Waals surface area contributed by atoms with Crippen molar-refractivity contribution in [1.82, 2.24) is 19.5 Å². The Balaban J connectivity index is 1.37. The van der Waals surface area contributed by atoms with Crippen molar-refractivity contribution in [2.24, 2.45) is 0 Å². The third-order valence-corrected chi connectivity index (χ3v) is 4.62. The van der Waals surface area contributed by atoms with Gasteiger partial charge in [-0.05, 0) is 54.6 Å². The summed E-state index contributed by atoms with van der Waals surface area (Å²) in [6, 6.07) is 19.6. The van der Waals surface area contributed by atoms with E-state index in [1.165, 1.54) is 12.3 Å². The molecule has 5 rings (SSSR count). The zero-order chi connectivity index (χ0) is 21.2. The molecule has 3 aromatic heterocycles. The molecule has 0 radical (unpaired) electrons. The fraction of sp³-hybridized carbons (Fsp3) is 0. The third kappa shape index (κ3) is 3.99. The van der Waals surface area contributed by atoms with E-state index < -0.39 is 0 Å². The van der Waals surface area contributed by atoms with E-state index >= 15 is 0 Å². The first kappa shape index (κ1) is 18.6. The second-order valence-corrected chi connectivity index (χ2v) is 6.81. The number of benzene rings is 2. The van der Waals surface area contributed by atoms with Gasteiger partial charge in [-0.3, -0.25) is 0 Å². The van der Waals surface area contributed by atoms with E-state index in [0.717, 1.165) is 16.6 Å². The number of ether oxygens (including phenoxy) is 1. The van der Waals surface area contributed by atoms with E-state index in [4.69, 9.17) is 10.5 Å². The quantitative estimate of drug-likeness (QED) is 0.392. The molecule has 5 aromatic rings. The molecule has 3 heterocycles. The van der Waals surface area contributed by atoms with Gasteiger partial charge in [0.2, 0.25) is 11.8 Å². The molecule has 0 aliphatic rings. The van der Waals surface area contributed by atoms with Gasteiger partial charge in [0.1, 0.15) is 17.4 Å². The van der Waals surface area contributed by atoms with Gasteiger partial charge in [-0.2, -0.15) is 4.98 Å². The van der Waals surface area contributed by atoms with Gasteiger partial charge in [0.15, 0.2) is 0 Å². The second kappa shape index (κ2) is 7.75. The van der Waals surface area contributed by atoms with Crippen molar-refractivity contribution in [2.45, 2.75) is 0 Å². The van der Waals surface area contributed by atoms with Crippen LogP contribution in [0.1, 0.15) is 0 Å². The minimum Gasteiger partial charge on any atom is -0.439 e. The van der Waals surface area contributed by atoms with Crippen LogP contribution in [0.3, 0.4) is 0 Å². The SMILES string of the molecule is Nc1cccc(Nc2nccc(Oc3ccc4c(ccn4-c4ccc(F)cn4)c3)n2)c1. The van der Waals surface area contributed by atoms with Gasteiger partial charge in [0.05, 0.1) is 11.7 Å². The van der Waals surface area contributed by atoms with Crippen LogP contribution in [0.5, 0.6) is 11.6 Å². The largest absolute Gasteiger partial charge is 0.439 e. The Morgan fingerprint density at radius 1 is 0.968 bits per heavy atom. The first-order valence-electron chi connectivity index (χ1n) is 9.50. The second-order valence-electron chi connectivity index (χ2n) is 6.81. The third-order valence-electron chi connectivity index (χ3n) is 4.62. The summed E-state index contributed by atoms with van der Waals surface area (Å²) in [6.45, 7) is 0. The molecular formula is C23H17FN6O. The first-order valence-corrected chi connectivity index (χ1v) is 9.50. The van der Waals surface area contributed by atoms with Crippen molar-refractivity contribution in [3.05, 3.63) is 91.1 Å². The molecule has 0 fully saturated rings. The highest BCUT2D eigenvalue weighted by atomic mass is 19.1. The maximum atomic E-state index is 13.2. The number of halogens is 1. The fourth-order valence-electron chi connectivity index (χ4n) is 3.22. The number of pyridine rings is 1. The number of nitrogen functional groups attached to an aromatic ring is 1. The lowest BCUT2D eigenvalue weighted by Gasteiger charge is -2.09. The number of anilines is 3. The average Bonchev–Trinajstić information content (AvgIpc) is 3.18. The summed E-state index contributed by atoms with van der Waals surface area (Å²) in [5.74, 6) is 1.70. The Morgan fingerprint density at radius 3 is 2.74 bits per heavy atom. The van der Waals surface area contributed by atoms with E-state index in [-0.39, 0.29) is 5.82 Å². The lowest BCUT2D eigenvalue weighted by Crippen LogP contribution is -1.99. The van der Waals surface area contributed by atoms with Crippen molar-refractivity contribution in [3.8, 4) is 17.4 Å². The number of nitrogens with zero attached hydrogens (tertiary/aromatic N) is 4. The molecule has 0 aliphatic carbocycles. The van der Waals surface area contributed by atoms with Crippen molar-refractivity contribution in [1.29, 1.82) is 0 Å². The summed E-state index contributed by atoms with van der Waals surface area (Å²) < 4.78 is 21.0. The van der Waals surface area contributed by atoms with Crippen LogP contribution in [0.15, 0.2) is 85.3 Å². The smallest absolute Gasteiger partial charge is 0.230 e. The Morgan fingerprint density at radius 2 is 1.90 bits per heavy atom. The normalized spacial score (nSPS) is 10.9. The lowest BCUT2D eigenvalue weighted by atomic mass is 10.2. The molecule has 0 atom stereocenters. The summed E-state index contributed by atoms with van der Waals surface area (Å²) in [7, 11) is 0. The number of aromatic nitrogens is 4. The number of fused-ring (bicyclic) bond motifs is 1. The van der Waals surface area contributed by atoms with Gasteiger partial charge in [0, 0.05) is 35.2 Å². The van der Waals surface area contributed by atoms with E-state index in [1.54, 1.807) is 30.5 Å². The number of hydrogen-bond acceptors (Lipinski definition) is 6. The maximum Gasteiger partial charge on any atom is 0.230 e. The Labute approximate surface area is 177 Å². The van der Waals surface area contributed by atoms with E-state index in [2.05, 4.69) is 20.3 Å². The molecular weight excluding hydrogens is 395 g/mol. The minimum atomic E-state index is -0.370. The van der Waals surface area contributed by atoms with Crippen LogP contribution in [-0.4, -0.2) is 19.5 Å². The predicted molar refractivity (Wildman–Crippen MR) is 117 cm³/mol. The van der Waals surface area contributed by atoms with Crippen LogP contribution in [0, 0.1) is 5.82 Å². The van der Waals surface area contributed by atoms with Gasteiger partial charge in [-0.15, -0.1) is 0 Å². The highest BCUT2D eigenvalue weighted by Gasteiger charge is 2.08. The monoisotopic (exact) mass is 412 g/mol. The fourth-order valence-corrected chi connectivity index (χ4v) is 3.22. The molecule has 0 saturated heterocycles. The van der Waals surface area contributed by atoms with Crippen molar-refractivity contribution < 1.29 is 9.13 Å². The standard InChI is InChI=1S/C23H17FN6O/c24-16-4-7-21(27-14-16)30-11-9-15-12-19(5-6-20(15)30)31-22-8-10-26-23(29-22)28-18-3-1-2-17(25)13-18/h1-14H,25H2,(H,26,28,29). The summed E-state index contributed by atoms with van der Waals surface area (Å²) in [5.41, 5.74) is 8.17. The zero-order valence-electron chi connectivity index (χ0n) is 16.2. The van der Waals surface area contributed by atoms with Gasteiger partial charge >= 0.3 is 0 Å². The molecule has 152 valence electrons. The van der Waals surface area contributed by atoms with Crippen LogP contribution in [0.4, 0.5) is 21.7 Å². The van der Waals surface area contributed by atoms with Gasteiger partial charge in [-0.25, -0.2) is 14.4 Å². The summed E-state index contributed by atoms with van der Waals surface area (Å²) in [6.07, 6.45) is 4.70. The molecule has 0 bridgehead atoms. The van der Waals surface area contributed by atoms with Crippen LogP contribution in [0.2, 0.25) is 0 Å². The molecule has 0 aliphatic heterocycles. The van der Waals surface area contributed by atoms with Crippen LogP contribution in [-0.2, 0) is 0 Å². The summed E-state index contributed by atoms with van der Waals surface area (Å²) >= 11 is 0. The molecule has 8 heteroatoms. The van der Waals surface area contributed by atoms with E-state index in [9.17, 15) is 4.39 Å². The number of nitrogens with two attached hydrogens (primary N) is 1. The van der Waals surface area contributed by atoms with Crippen molar-refractivity contribution >= 4 is 28.2 Å². The van der Waals surface area contributed by atoms with Gasteiger partial charge < -0.3 is 20.4 Å². The zero-order valence-corrected chi connectivity index (χ0v) is 16.2. The first-order chi connectivity index (χ1) is 15.1. The molecule has 0 unspecified atom stereocenters. The Kier molecular flexibility index (Phi) is 4.64. The summed E-state index contributed by atoms with van der Waals surface area (Å²) in [5, 5.41) is 4.06. The molecule has 2 aromatic carbocycles. The average molecular weight is 412 g/mol. The van der Waals surface area contributed by atoms with Crippen LogP contribution >= 0.6 is 0 Å².